The lowest BCUT2D eigenvalue weighted by molar-refractivity contribution is 0.475. The van der Waals surface area contributed by atoms with Crippen molar-refractivity contribution in [3.8, 4) is 11.4 Å². The minimum absolute atomic E-state index is 0.243. The summed E-state index contributed by atoms with van der Waals surface area (Å²) in [5.41, 5.74) is 5.26. The molecule has 0 unspecified atom stereocenters. The molecule has 116 valence electrons. The number of phenolic OH excluding ortho intramolecular Hbond substituents is 1. The summed E-state index contributed by atoms with van der Waals surface area (Å²) < 4.78 is 3.25. The zero-order valence-corrected chi connectivity index (χ0v) is 14.6. The third kappa shape index (κ3) is 3.08. The van der Waals surface area contributed by atoms with E-state index in [-0.39, 0.29) is 5.75 Å². The Bertz CT molecular complexity index is 849. The van der Waals surface area contributed by atoms with Crippen LogP contribution in [0.25, 0.3) is 5.69 Å². The number of hydrogen-bond acceptors (Lipinski definition) is 2. The molecule has 3 aromatic rings. The quantitative estimate of drug-likeness (QED) is 0.624. The molecule has 3 rings (SSSR count). The predicted octanol–water partition coefficient (Wildman–Crippen LogP) is 5.31. The Balaban J connectivity index is 2.02. The fourth-order valence-corrected chi connectivity index (χ4v) is 3.18. The first kappa shape index (κ1) is 15.6. The summed E-state index contributed by atoms with van der Waals surface area (Å²) >= 11 is 3.68. The molecule has 23 heavy (non-hydrogen) atoms. The van der Waals surface area contributed by atoms with E-state index in [0.29, 0.717) is 0 Å². The molecule has 0 spiro atoms. The van der Waals surface area contributed by atoms with Gasteiger partial charge in [0.05, 0.1) is 5.69 Å². The van der Waals surface area contributed by atoms with Gasteiger partial charge in [-0.15, -0.1) is 0 Å². The minimum atomic E-state index is 0.243. The second kappa shape index (κ2) is 6.42. The van der Waals surface area contributed by atoms with E-state index in [1.165, 1.54) is 0 Å². The molecule has 4 heteroatoms. The molecule has 0 aliphatic rings. The van der Waals surface area contributed by atoms with Gasteiger partial charge in [0, 0.05) is 33.3 Å². The lowest BCUT2D eigenvalue weighted by Gasteiger charge is -2.08. The molecule has 3 nitrogen and oxygen atoms in total. The molecule has 1 heterocycles. The fourth-order valence-electron chi connectivity index (χ4n) is 2.62. The lowest BCUT2D eigenvalue weighted by atomic mass is 10.2. The van der Waals surface area contributed by atoms with Crippen molar-refractivity contribution < 1.29 is 5.11 Å². The largest absolute Gasteiger partial charge is 0.508 e. The number of aromatic hydroxyl groups is 1. The number of para-hydroxylation sites is 1. The van der Waals surface area contributed by atoms with Gasteiger partial charge in [0.25, 0.3) is 0 Å². The number of benzene rings is 2. The normalized spacial score (nSPS) is 11.3. The Kier molecular flexibility index (Phi) is 4.35. The van der Waals surface area contributed by atoms with Crippen molar-refractivity contribution >= 4 is 27.8 Å². The molecule has 0 saturated carbocycles. The second-order valence-corrected chi connectivity index (χ2v) is 6.14. The topological polar surface area (TPSA) is 37.5 Å². The van der Waals surface area contributed by atoms with Crippen LogP contribution in [0.2, 0.25) is 0 Å². The molecule has 2 aromatic carbocycles. The Labute approximate surface area is 144 Å². The van der Waals surface area contributed by atoms with Gasteiger partial charge in [0.1, 0.15) is 5.75 Å². The first-order valence-electron chi connectivity index (χ1n) is 7.34. The van der Waals surface area contributed by atoms with Crippen LogP contribution in [0.4, 0.5) is 5.69 Å². The van der Waals surface area contributed by atoms with Crippen molar-refractivity contribution in [3.05, 3.63) is 76.0 Å². The van der Waals surface area contributed by atoms with Crippen molar-refractivity contribution in [2.75, 3.05) is 0 Å². The van der Waals surface area contributed by atoms with E-state index in [2.05, 4.69) is 51.5 Å². The molecule has 0 bridgehead atoms. The Morgan fingerprint density at radius 3 is 2.26 bits per heavy atom. The van der Waals surface area contributed by atoms with Gasteiger partial charge in [-0.2, -0.15) is 0 Å². The molecule has 0 aliphatic heterocycles. The summed E-state index contributed by atoms with van der Waals surface area (Å²) in [6, 6.07) is 17.1. The molecule has 1 N–H and O–H groups in total. The number of hydrogen-bond donors (Lipinski definition) is 1. The summed E-state index contributed by atoms with van der Waals surface area (Å²) in [7, 11) is 0. The SMILES string of the molecule is Cc1c(Br)c(C=Nc2ccc(O)cc2)c(C)n1-c1ccccc1. The third-order valence-electron chi connectivity index (χ3n) is 3.82. The van der Waals surface area contributed by atoms with Crippen LogP contribution in [0.1, 0.15) is 17.0 Å². The highest BCUT2D eigenvalue weighted by Gasteiger charge is 2.15. The van der Waals surface area contributed by atoms with Crippen LogP contribution in [-0.2, 0) is 0 Å². The number of aliphatic imine (C=N–C) groups is 1. The summed E-state index contributed by atoms with van der Waals surface area (Å²) in [6.07, 6.45) is 1.86. The maximum absolute atomic E-state index is 9.33. The standard InChI is InChI=1S/C19H17BrN2O/c1-13-18(12-21-15-8-10-17(23)11-9-15)19(20)14(2)22(13)16-6-4-3-5-7-16/h3-12,23H,1-2H3. The summed E-state index contributed by atoms with van der Waals surface area (Å²) in [6.45, 7) is 4.17. The predicted molar refractivity (Wildman–Crippen MR) is 98.3 cm³/mol. The van der Waals surface area contributed by atoms with Gasteiger partial charge >= 0.3 is 0 Å². The molecule has 0 amide bonds. The Morgan fingerprint density at radius 2 is 1.61 bits per heavy atom. The van der Waals surface area contributed by atoms with Crippen LogP contribution < -0.4 is 0 Å². The summed E-state index contributed by atoms with van der Waals surface area (Å²) in [4.78, 5) is 4.51. The number of aromatic nitrogens is 1. The molecule has 0 atom stereocenters. The van der Waals surface area contributed by atoms with Crippen molar-refractivity contribution in [1.29, 1.82) is 0 Å². The second-order valence-electron chi connectivity index (χ2n) is 5.34. The van der Waals surface area contributed by atoms with E-state index >= 15 is 0 Å². The van der Waals surface area contributed by atoms with Crippen LogP contribution in [0.3, 0.4) is 0 Å². The lowest BCUT2D eigenvalue weighted by Crippen LogP contribution is -1.99. The van der Waals surface area contributed by atoms with E-state index in [0.717, 1.165) is 32.8 Å². The van der Waals surface area contributed by atoms with Crippen molar-refractivity contribution in [2.45, 2.75) is 13.8 Å². The molecular weight excluding hydrogens is 352 g/mol. The Morgan fingerprint density at radius 1 is 0.957 bits per heavy atom. The van der Waals surface area contributed by atoms with Crippen molar-refractivity contribution in [2.24, 2.45) is 4.99 Å². The Hall–Kier alpha value is -2.33. The van der Waals surface area contributed by atoms with Gasteiger partial charge in [-0.25, -0.2) is 0 Å². The van der Waals surface area contributed by atoms with Crippen LogP contribution in [-0.4, -0.2) is 15.9 Å². The molecule has 1 aromatic heterocycles. The summed E-state index contributed by atoms with van der Waals surface area (Å²) in [5.74, 6) is 0.243. The maximum Gasteiger partial charge on any atom is 0.115 e. The molecule has 0 radical (unpaired) electrons. The number of rotatable bonds is 3. The average molecular weight is 369 g/mol. The van der Waals surface area contributed by atoms with E-state index in [1.807, 2.05) is 24.4 Å². The van der Waals surface area contributed by atoms with Gasteiger partial charge in [0.15, 0.2) is 0 Å². The van der Waals surface area contributed by atoms with E-state index in [1.54, 1.807) is 24.3 Å². The minimum Gasteiger partial charge on any atom is -0.508 e. The van der Waals surface area contributed by atoms with Crippen molar-refractivity contribution in [3.63, 3.8) is 0 Å². The highest BCUT2D eigenvalue weighted by Crippen LogP contribution is 2.30. The number of halogens is 1. The smallest absolute Gasteiger partial charge is 0.115 e. The monoisotopic (exact) mass is 368 g/mol. The van der Waals surface area contributed by atoms with Gasteiger partial charge in [0.2, 0.25) is 0 Å². The first-order valence-corrected chi connectivity index (χ1v) is 8.13. The number of phenols is 1. The fraction of sp³-hybridized carbons (Fsp3) is 0.105. The van der Waals surface area contributed by atoms with Gasteiger partial charge < -0.3 is 9.67 Å². The van der Waals surface area contributed by atoms with Crippen LogP contribution in [0.5, 0.6) is 5.75 Å². The van der Waals surface area contributed by atoms with E-state index in [4.69, 9.17) is 0 Å². The molecule has 0 fully saturated rings. The van der Waals surface area contributed by atoms with E-state index < -0.39 is 0 Å². The van der Waals surface area contributed by atoms with Crippen molar-refractivity contribution in [1.82, 2.24) is 4.57 Å². The first-order chi connectivity index (χ1) is 11.1. The van der Waals surface area contributed by atoms with Gasteiger partial charge in [-0.1, -0.05) is 18.2 Å². The molecule has 0 saturated heterocycles. The van der Waals surface area contributed by atoms with Gasteiger partial charge in [-0.3, -0.25) is 4.99 Å². The highest BCUT2D eigenvalue weighted by molar-refractivity contribution is 9.10. The maximum atomic E-state index is 9.33. The number of nitrogens with zero attached hydrogens (tertiary/aromatic N) is 2. The summed E-state index contributed by atoms with van der Waals surface area (Å²) in [5, 5.41) is 9.33. The molecular formula is C19H17BrN2O. The van der Waals surface area contributed by atoms with Crippen LogP contribution in [0, 0.1) is 13.8 Å². The molecule has 0 aliphatic carbocycles. The van der Waals surface area contributed by atoms with E-state index in [9.17, 15) is 5.11 Å². The zero-order valence-electron chi connectivity index (χ0n) is 13.0. The highest BCUT2D eigenvalue weighted by atomic mass is 79.9. The van der Waals surface area contributed by atoms with Crippen LogP contribution >= 0.6 is 15.9 Å². The third-order valence-corrected chi connectivity index (χ3v) is 4.82. The zero-order chi connectivity index (χ0) is 16.4. The average Bonchev–Trinajstić information content (AvgIpc) is 2.78. The van der Waals surface area contributed by atoms with Crippen LogP contribution in [0.15, 0.2) is 64.1 Å². The van der Waals surface area contributed by atoms with Gasteiger partial charge in [-0.05, 0) is 66.2 Å².